The fourth-order valence-corrected chi connectivity index (χ4v) is 3.57. The van der Waals surface area contributed by atoms with Gasteiger partial charge in [-0.05, 0) is 31.1 Å². The van der Waals surface area contributed by atoms with Gasteiger partial charge in [-0.25, -0.2) is 0 Å². The Hall–Kier alpha value is -2.68. The van der Waals surface area contributed by atoms with Crippen LogP contribution < -0.4 is 4.90 Å². The summed E-state index contributed by atoms with van der Waals surface area (Å²) in [6.07, 6.45) is 9.12. The molecular weight excluding hydrogens is 284 g/mol. The Kier molecular flexibility index (Phi) is 3.15. The van der Waals surface area contributed by atoms with Crippen LogP contribution in [0.25, 0.3) is 10.9 Å². The molecule has 0 bridgehead atoms. The second kappa shape index (κ2) is 5.20. The summed E-state index contributed by atoms with van der Waals surface area (Å²) in [4.78, 5) is 19.7. The average molecular weight is 302 g/mol. The largest absolute Gasteiger partial charge is 0.343 e. The van der Waals surface area contributed by atoms with Crippen molar-refractivity contribution < 1.29 is 4.79 Å². The number of rotatable bonds is 0. The van der Waals surface area contributed by atoms with E-state index in [1.54, 1.807) is 0 Å². The summed E-state index contributed by atoms with van der Waals surface area (Å²) in [6.45, 7) is 2.12. The van der Waals surface area contributed by atoms with E-state index in [1.807, 2.05) is 49.6 Å². The first-order valence-electron chi connectivity index (χ1n) is 7.88. The molecular formula is C20H18N2O. The van der Waals surface area contributed by atoms with Crippen LogP contribution in [0.3, 0.4) is 0 Å². The first kappa shape index (κ1) is 13.9. The molecule has 0 atom stereocenters. The van der Waals surface area contributed by atoms with Gasteiger partial charge in [0, 0.05) is 23.7 Å². The Labute approximate surface area is 135 Å². The lowest BCUT2D eigenvalue weighted by atomic mass is 10.0. The molecule has 0 N–H and O–H groups in total. The van der Waals surface area contributed by atoms with Crippen LogP contribution in [0, 0.1) is 6.92 Å². The molecule has 2 heterocycles. The minimum atomic E-state index is 0.170. The summed E-state index contributed by atoms with van der Waals surface area (Å²) < 4.78 is 0. The van der Waals surface area contributed by atoms with Crippen LogP contribution in [0.15, 0.2) is 59.8 Å². The summed E-state index contributed by atoms with van der Waals surface area (Å²) >= 11 is 0. The van der Waals surface area contributed by atoms with Crippen molar-refractivity contribution >= 4 is 22.4 Å². The normalized spacial score (nSPS) is 17.1. The SMILES string of the molecule is Cc1c2c(nc3ccccc13)CC(=O)C1=C(C=CC=CC1)N2C. The number of anilines is 1. The summed E-state index contributed by atoms with van der Waals surface area (Å²) in [6, 6.07) is 8.13. The van der Waals surface area contributed by atoms with Gasteiger partial charge < -0.3 is 4.90 Å². The van der Waals surface area contributed by atoms with E-state index in [4.69, 9.17) is 4.98 Å². The van der Waals surface area contributed by atoms with Crippen LogP contribution in [0.1, 0.15) is 17.7 Å². The van der Waals surface area contributed by atoms with Gasteiger partial charge in [-0.15, -0.1) is 0 Å². The third-order valence-corrected chi connectivity index (χ3v) is 4.69. The van der Waals surface area contributed by atoms with Gasteiger partial charge in [0.15, 0.2) is 5.78 Å². The molecule has 0 amide bonds. The predicted molar refractivity (Wildman–Crippen MR) is 93.5 cm³/mol. The summed E-state index contributed by atoms with van der Waals surface area (Å²) in [5.41, 5.74) is 5.93. The number of ketones is 1. The van der Waals surface area contributed by atoms with Crippen molar-refractivity contribution in [2.45, 2.75) is 19.8 Å². The average Bonchev–Trinajstić information content (AvgIpc) is 2.84. The highest BCUT2D eigenvalue weighted by molar-refractivity contribution is 6.02. The van der Waals surface area contributed by atoms with Crippen molar-refractivity contribution in [3.05, 3.63) is 71.1 Å². The molecule has 0 saturated carbocycles. The highest BCUT2D eigenvalue weighted by Crippen LogP contribution is 2.36. The molecule has 4 rings (SSSR count). The Morgan fingerprint density at radius 1 is 1.17 bits per heavy atom. The van der Waals surface area contributed by atoms with Crippen LogP contribution in [0.5, 0.6) is 0 Å². The van der Waals surface area contributed by atoms with Gasteiger partial charge in [0.25, 0.3) is 0 Å². The third-order valence-electron chi connectivity index (χ3n) is 4.69. The van der Waals surface area contributed by atoms with Gasteiger partial charge in [0.2, 0.25) is 0 Å². The lowest BCUT2D eigenvalue weighted by Crippen LogP contribution is -2.19. The number of carbonyl (C=O) groups is 1. The molecule has 1 aliphatic heterocycles. The van der Waals surface area contributed by atoms with Gasteiger partial charge >= 0.3 is 0 Å². The van der Waals surface area contributed by atoms with Gasteiger partial charge in [-0.1, -0.05) is 36.4 Å². The van der Waals surface area contributed by atoms with Gasteiger partial charge in [-0.2, -0.15) is 0 Å². The lowest BCUT2D eigenvalue weighted by Gasteiger charge is -2.24. The summed E-state index contributed by atoms with van der Waals surface area (Å²) in [7, 11) is 2.03. The van der Waals surface area contributed by atoms with Crippen molar-refractivity contribution in [1.82, 2.24) is 4.98 Å². The smallest absolute Gasteiger partial charge is 0.167 e. The molecule has 2 aliphatic rings. The van der Waals surface area contributed by atoms with Crippen molar-refractivity contribution in [2.24, 2.45) is 0 Å². The zero-order valence-electron chi connectivity index (χ0n) is 13.3. The molecule has 0 spiro atoms. The third kappa shape index (κ3) is 2.12. The van der Waals surface area contributed by atoms with E-state index in [0.717, 1.165) is 33.6 Å². The molecule has 0 unspecified atom stereocenters. The van der Waals surface area contributed by atoms with Gasteiger partial charge in [0.05, 0.1) is 23.3 Å². The molecule has 0 fully saturated rings. The molecule has 0 saturated heterocycles. The van der Waals surface area contributed by atoms with Crippen molar-refractivity contribution in [1.29, 1.82) is 0 Å². The molecule has 0 radical (unpaired) electrons. The number of hydrogen-bond acceptors (Lipinski definition) is 3. The number of Topliss-reactive ketones (excluding diaryl/α,β-unsaturated/α-hetero) is 1. The van der Waals surface area contributed by atoms with E-state index in [1.165, 1.54) is 5.56 Å². The van der Waals surface area contributed by atoms with Crippen LogP contribution in [-0.2, 0) is 11.2 Å². The van der Waals surface area contributed by atoms with Crippen molar-refractivity contribution in [2.75, 3.05) is 11.9 Å². The van der Waals surface area contributed by atoms with Crippen molar-refractivity contribution in [3.8, 4) is 0 Å². The number of para-hydroxylation sites is 1. The number of pyridine rings is 1. The van der Waals surface area contributed by atoms with Gasteiger partial charge in [0.1, 0.15) is 0 Å². The molecule has 3 heteroatoms. The zero-order valence-corrected chi connectivity index (χ0v) is 13.3. The number of benzene rings is 1. The van der Waals surface area contributed by atoms with Crippen LogP contribution in [0.4, 0.5) is 5.69 Å². The Bertz CT molecular complexity index is 919. The predicted octanol–water partition coefficient (Wildman–Crippen LogP) is 3.87. The van der Waals surface area contributed by atoms with Crippen LogP contribution in [-0.4, -0.2) is 17.8 Å². The zero-order chi connectivity index (χ0) is 16.0. The van der Waals surface area contributed by atoms with E-state index < -0.39 is 0 Å². The summed E-state index contributed by atoms with van der Waals surface area (Å²) in [5.74, 6) is 0.170. The monoisotopic (exact) mass is 302 g/mol. The quantitative estimate of drug-likeness (QED) is 0.740. The standard InChI is InChI=1S/C20H18N2O/c1-13-14-8-6-7-10-16(14)21-17-12-19(23)15-9-4-3-5-11-18(15)22(2)20(13)17/h3-8,10-11H,9,12H2,1-2H3. The lowest BCUT2D eigenvalue weighted by molar-refractivity contribution is -0.115. The second-order valence-corrected chi connectivity index (χ2v) is 6.06. The molecule has 23 heavy (non-hydrogen) atoms. The molecule has 1 aliphatic carbocycles. The maximum atomic E-state index is 12.8. The van der Waals surface area contributed by atoms with Crippen LogP contribution >= 0.6 is 0 Å². The van der Waals surface area contributed by atoms with E-state index in [0.29, 0.717) is 12.8 Å². The maximum Gasteiger partial charge on any atom is 0.167 e. The molecule has 2 aromatic rings. The molecule has 1 aromatic heterocycles. The maximum absolute atomic E-state index is 12.8. The van der Waals surface area contributed by atoms with E-state index in [-0.39, 0.29) is 5.78 Å². The number of likely N-dealkylation sites (N-methyl/N-ethyl adjacent to an activating group) is 1. The highest BCUT2D eigenvalue weighted by atomic mass is 16.1. The minimum Gasteiger partial charge on any atom is -0.343 e. The Morgan fingerprint density at radius 3 is 2.87 bits per heavy atom. The molecule has 1 aromatic carbocycles. The number of hydrogen-bond donors (Lipinski definition) is 0. The summed E-state index contributed by atoms with van der Waals surface area (Å²) in [5, 5.41) is 1.14. The highest BCUT2D eigenvalue weighted by Gasteiger charge is 2.27. The van der Waals surface area contributed by atoms with E-state index in [2.05, 4.69) is 17.9 Å². The number of aromatic nitrogens is 1. The number of allylic oxidation sites excluding steroid dienone is 5. The van der Waals surface area contributed by atoms with E-state index >= 15 is 0 Å². The minimum absolute atomic E-state index is 0.170. The topological polar surface area (TPSA) is 33.2 Å². The van der Waals surface area contributed by atoms with Gasteiger partial charge in [-0.3, -0.25) is 9.78 Å². The number of nitrogens with zero attached hydrogens (tertiary/aromatic N) is 2. The first-order chi connectivity index (χ1) is 11.2. The Morgan fingerprint density at radius 2 is 2.00 bits per heavy atom. The number of carbonyl (C=O) groups excluding carboxylic acids is 1. The fourth-order valence-electron chi connectivity index (χ4n) is 3.57. The second-order valence-electron chi connectivity index (χ2n) is 6.06. The molecule has 114 valence electrons. The number of fused-ring (bicyclic) bond motifs is 2. The van der Waals surface area contributed by atoms with Crippen LogP contribution in [0.2, 0.25) is 0 Å². The Balaban J connectivity index is 2.01. The fraction of sp³-hybridized carbons (Fsp3) is 0.200. The van der Waals surface area contributed by atoms with Crippen molar-refractivity contribution in [3.63, 3.8) is 0 Å². The first-order valence-corrected chi connectivity index (χ1v) is 7.88. The van der Waals surface area contributed by atoms with E-state index in [9.17, 15) is 4.79 Å². The number of aryl methyl sites for hydroxylation is 1. The molecule has 3 nitrogen and oxygen atoms in total.